The van der Waals surface area contributed by atoms with E-state index in [9.17, 15) is 9.59 Å². The minimum absolute atomic E-state index is 0.351. The van der Waals surface area contributed by atoms with Crippen molar-refractivity contribution in [1.82, 2.24) is 10.5 Å². The Morgan fingerprint density at radius 3 is 2.52 bits per heavy atom. The van der Waals surface area contributed by atoms with Crippen LogP contribution in [0.1, 0.15) is 43.2 Å². The lowest BCUT2D eigenvalue weighted by Gasteiger charge is -2.24. The van der Waals surface area contributed by atoms with Crippen molar-refractivity contribution in [2.75, 3.05) is 6.61 Å². The van der Waals surface area contributed by atoms with Crippen molar-refractivity contribution in [2.45, 2.75) is 31.7 Å². The van der Waals surface area contributed by atoms with Crippen molar-refractivity contribution in [3.63, 3.8) is 0 Å². The van der Waals surface area contributed by atoms with E-state index >= 15 is 0 Å². The molecule has 2 aromatic carbocycles. The number of nitrogens with zero attached hydrogens (tertiary/aromatic N) is 2. The maximum atomic E-state index is 13.0. The van der Waals surface area contributed by atoms with Gasteiger partial charge in [0.2, 0.25) is 0 Å². The van der Waals surface area contributed by atoms with Gasteiger partial charge in [-0.15, -0.1) is 0 Å². The highest BCUT2D eigenvalue weighted by Crippen LogP contribution is 2.33. The Bertz CT molecular complexity index is 1140. The van der Waals surface area contributed by atoms with E-state index in [1.165, 1.54) is 5.01 Å². The third kappa shape index (κ3) is 4.99. The van der Waals surface area contributed by atoms with Crippen LogP contribution in [0.3, 0.4) is 0 Å². The lowest BCUT2D eigenvalue weighted by molar-refractivity contribution is -0.148. The highest BCUT2D eigenvalue weighted by atomic mass is 35.5. The molecule has 1 unspecified atom stereocenters. The number of hydrogen-bond donors (Lipinski definition) is 1. The first-order chi connectivity index (χ1) is 15.9. The number of benzene rings is 2. The van der Waals surface area contributed by atoms with E-state index < -0.39 is 17.4 Å². The number of hydrazone groups is 1. The summed E-state index contributed by atoms with van der Waals surface area (Å²) in [4.78, 5) is 30.9. The van der Waals surface area contributed by atoms with E-state index in [-0.39, 0.29) is 12.5 Å². The van der Waals surface area contributed by atoms with Gasteiger partial charge in [0.25, 0.3) is 11.8 Å². The smallest absolute Gasteiger partial charge is 0.272 e. The van der Waals surface area contributed by atoms with Crippen molar-refractivity contribution in [3.05, 3.63) is 94.9 Å². The van der Waals surface area contributed by atoms with Gasteiger partial charge in [0.1, 0.15) is 11.8 Å². The summed E-state index contributed by atoms with van der Waals surface area (Å²) < 4.78 is 5.54. The summed E-state index contributed by atoms with van der Waals surface area (Å²) in [5, 5.41) is 6.49. The van der Waals surface area contributed by atoms with E-state index in [1.54, 1.807) is 44.4 Å². The van der Waals surface area contributed by atoms with E-state index in [4.69, 9.17) is 20.9 Å². The van der Waals surface area contributed by atoms with Crippen LogP contribution in [0.2, 0.25) is 5.02 Å². The van der Waals surface area contributed by atoms with Crippen molar-refractivity contribution in [3.8, 4) is 0 Å². The monoisotopic (exact) mass is 465 g/mol. The van der Waals surface area contributed by atoms with Crippen LogP contribution >= 0.6 is 11.6 Å². The molecule has 170 valence electrons. The molecule has 2 heterocycles. The second-order valence-electron chi connectivity index (χ2n) is 8.24. The highest BCUT2D eigenvalue weighted by Gasteiger charge is 2.35. The third-order valence-electron chi connectivity index (χ3n) is 5.64. The van der Waals surface area contributed by atoms with E-state index in [1.807, 2.05) is 42.5 Å². The van der Waals surface area contributed by atoms with Crippen molar-refractivity contribution in [1.29, 1.82) is 0 Å². The first-order valence-corrected chi connectivity index (χ1v) is 10.9. The van der Waals surface area contributed by atoms with Gasteiger partial charge in [0, 0.05) is 11.4 Å². The first-order valence-electron chi connectivity index (χ1n) is 10.5. The molecule has 2 amide bonds. The summed E-state index contributed by atoms with van der Waals surface area (Å²) in [7, 11) is 0. The van der Waals surface area contributed by atoms with Gasteiger partial charge in [-0.25, -0.2) is 10.5 Å². The number of furan rings is 1. The van der Waals surface area contributed by atoms with Crippen LogP contribution in [0.5, 0.6) is 0 Å². The molecule has 1 N–H and O–H groups in total. The second-order valence-corrected chi connectivity index (χ2v) is 8.67. The minimum atomic E-state index is -0.825. The molecule has 3 aromatic rings. The maximum Gasteiger partial charge on any atom is 0.272 e. The Balaban J connectivity index is 1.43. The highest BCUT2D eigenvalue weighted by molar-refractivity contribution is 6.30. The fourth-order valence-corrected chi connectivity index (χ4v) is 3.73. The zero-order valence-electron chi connectivity index (χ0n) is 18.3. The molecule has 0 radical (unpaired) electrons. The molecule has 1 aliphatic heterocycles. The fourth-order valence-electron chi connectivity index (χ4n) is 3.60. The van der Waals surface area contributed by atoms with Gasteiger partial charge in [-0.1, -0.05) is 54.1 Å². The topological polar surface area (TPSA) is 84.1 Å². The molecule has 8 heteroatoms. The summed E-state index contributed by atoms with van der Waals surface area (Å²) >= 11 is 5.99. The maximum absolute atomic E-state index is 13.0. The van der Waals surface area contributed by atoms with Gasteiger partial charge in [0.15, 0.2) is 6.61 Å². The summed E-state index contributed by atoms with van der Waals surface area (Å²) in [6.07, 6.45) is 2.04. The Morgan fingerprint density at radius 2 is 1.85 bits per heavy atom. The Labute approximate surface area is 196 Å². The summed E-state index contributed by atoms with van der Waals surface area (Å²) in [6, 6.07) is 19.8. The van der Waals surface area contributed by atoms with E-state index in [0.717, 1.165) is 16.8 Å². The molecule has 0 bridgehead atoms. The number of hydroxylamine groups is 1. The Kier molecular flexibility index (Phi) is 6.62. The Hall–Kier alpha value is -3.42. The summed E-state index contributed by atoms with van der Waals surface area (Å²) in [6.45, 7) is 3.21. The summed E-state index contributed by atoms with van der Waals surface area (Å²) in [5.74, 6) is -0.139. The zero-order chi connectivity index (χ0) is 23.4. The molecule has 0 aliphatic carbocycles. The first kappa shape index (κ1) is 22.8. The van der Waals surface area contributed by atoms with Gasteiger partial charge >= 0.3 is 0 Å². The molecular weight excluding hydrogens is 442 g/mol. The molecule has 1 atom stereocenters. The van der Waals surface area contributed by atoms with Crippen LogP contribution in [0.15, 0.2) is 82.5 Å². The number of hydrogen-bond acceptors (Lipinski definition) is 5. The number of halogens is 1. The predicted octanol–water partition coefficient (Wildman–Crippen LogP) is 4.64. The van der Waals surface area contributed by atoms with Crippen LogP contribution in [0.25, 0.3) is 0 Å². The second kappa shape index (κ2) is 9.60. The van der Waals surface area contributed by atoms with Gasteiger partial charge in [-0.3, -0.25) is 14.4 Å². The number of amides is 2. The molecule has 4 rings (SSSR count). The normalized spacial score (nSPS) is 15.9. The number of carbonyl (C=O) groups excluding carboxylic acids is 2. The zero-order valence-corrected chi connectivity index (χ0v) is 19.1. The van der Waals surface area contributed by atoms with E-state index in [0.29, 0.717) is 17.2 Å². The molecule has 1 aromatic heterocycles. The summed E-state index contributed by atoms with van der Waals surface area (Å²) in [5.41, 5.74) is 4.01. The van der Waals surface area contributed by atoms with Gasteiger partial charge in [-0.2, -0.15) is 5.10 Å². The number of nitrogens with one attached hydrogen (secondary N) is 1. The fraction of sp³-hybridized carbons (Fsp3) is 0.240. The molecule has 33 heavy (non-hydrogen) atoms. The van der Waals surface area contributed by atoms with Crippen molar-refractivity contribution >= 4 is 29.1 Å². The number of rotatable bonds is 7. The van der Waals surface area contributed by atoms with Crippen LogP contribution in [0.4, 0.5) is 0 Å². The van der Waals surface area contributed by atoms with Crippen LogP contribution in [-0.4, -0.2) is 29.1 Å². The molecule has 0 saturated heterocycles. The average molecular weight is 466 g/mol. The average Bonchev–Trinajstić information content (AvgIpc) is 3.50. The minimum Gasteiger partial charge on any atom is -0.467 e. The molecule has 1 aliphatic rings. The lowest BCUT2D eigenvalue weighted by atomic mass is 9.84. The molecule has 0 fully saturated rings. The third-order valence-corrected chi connectivity index (χ3v) is 5.89. The van der Waals surface area contributed by atoms with Gasteiger partial charge in [0.05, 0.1) is 17.4 Å². The van der Waals surface area contributed by atoms with Crippen LogP contribution < -0.4 is 5.48 Å². The lowest BCUT2D eigenvalue weighted by Crippen LogP contribution is -2.42. The largest absolute Gasteiger partial charge is 0.467 e. The number of carbonyl (C=O) groups is 2. The van der Waals surface area contributed by atoms with Crippen molar-refractivity contribution < 1.29 is 18.8 Å². The SMILES string of the molecule is CC(C)(C(=O)NOCC(=O)N1N=C(c2ccc(Cl)cc2)CC1c1ccco1)c1ccccc1. The van der Waals surface area contributed by atoms with Crippen molar-refractivity contribution in [2.24, 2.45) is 5.10 Å². The Morgan fingerprint density at radius 1 is 1.12 bits per heavy atom. The molecular formula is C25H24ClN3O4. The van der Waals surface area contributed by atoms with Crippen LogP contribution in [0, 0.1) is 0 Å². The predicted molar refractivity (Wildman–Crippen MR) is 124 cm³/mol. The van der Waals surface area contributed by atoms with Gasteiger partial charge in [-0.05, 0) is 49.2 Å². The molecule has 0 spiro atoms. The standard InChI is InChI=1S/C25H24ClN3O4/c1-25(2,18-7-4-3-5-8-18)24(31)28-33-16-23(30)29-21(22-9-6-14-32-22)15-20(27-29)17-10-12-19(26)13-11-17/h3-14,21H,15-16H2,1-2H3,(H,28,31). The molecule has 7 nitrogen and oxygen atoms in total. The van der Waals surface area contributed by atoms with E-state index in [2.05, 4.69) is 10.6 Å². The van der Waals surface area contributed by atoms with Gasteiger partial charge < -0.3 is 4.42 Å². The van der Waals surface area contributed by atoms with Crippen LogP contribution in [-0.2, 0) is 19.8 Å². The quantitative estimate of drug-likeness (QED) is 0.515. The molecule has 0 saturated carbocycles.